The highest BCUT2D eigenvalue weighted by Gasteiger charge is 2.54. The van der Waals surface area contributed by atoms with Gasteiger partial charge in [-0.25, -0.2) is 4.79 Å². The number of aromatic amines is 1. The Morgan fingerprint density at radius 1 is 1.57 bits per heavy atom. The quantitative estimate of drug-likeness (QED) is 0.459. The number of nitrogens with zero attached hydrogens (tertiary/aromatic N) is 1. The van der Waals surface area contributed by atoms with Crippen LogP contribution in [0.4, 0.5) is 0 Å². The van der Waals surface area contributed by atoms with Gasteiger partial charge in [-0.15, -0.1) is 5.92 Å². The van der Waals surface area contributed by atoms with Crippen LogP contribution in [0.2, 0.25) is 0 Å². The molecule has 2 heterocycles. The molecule has 5 N–H and O–H groups in total. The van der Waals surface area contributed by atoms with Crippen molar-refractivity contribution >= 4 is 0 Å². The van der Waals surface area contributed by atoms with Crippen molar-refractivity contribution in [2.45, 2.75) is 37.8 Å². The molecule has 1 saturated heterocycles. The van der Waals surface area contributed by atoms with Gasteiger partial charge < -0.3 is 20.7 Å². The summed E-state index contributed by atoms with van der Waals surface area (Å²) in [5.41, 5.74) is 3.59. The zero-order chi connectivity index (χ0) is 15.8. The number of nitrogens with two attached hydrogens (primary N) is 1. The molecule has 1 aromatic heterocycles. The van der Waals surface area contributed by atoms with Crippen LogP contribution in [0.5, 0.6) is 0 Å². The summed E-state index contributed by atoms with van der Waals surface area (Å²) in [5, 5.41) is 19.5. The van der Waals surface area contributed by atoms with Crippen LogP contribution in [0.1, 0.15) is 18.8 Å². The van der Waals surface area contributed by atoms with Crippen molar-refractivity contribution in [3.63, 3.8) is 0 Å². The largest absolute Gasteiger partial charge is 0.394 e. The van der Waals surface area contributed by atoms with Gasteiger partial charge in [-0.05, 0) is 13.8 Å². The molecule has 0 radical (unpaired) electrons. The summed E-state index contributed by atoms with van der Waals surface area (Å²) >= 11 is 0. The molecule has 1 unspecified atom stereocenters. The van der Waals surface area contributed by atoms with E-state index in [0.717, 1.165) is 4.57 Å². The fraction of sp³-hybridized carbons (Fsp3) is 0.538. The number of hydrogen-bond acceptors (Lipinski definition) is 6. The van der Waals surface area contributed by atoms with Gasteiger partial charge in [0.25, 0.3) is 5.56 Å². The lowest BCUT2D eigenvalue weighted by atomic mass is 9.91. The number of aliphatic hydroxyl groups is 2. The molecule has 8 heteroatoms. The van der Waals surface area contributed by atoms with E-state index in [1.54, 1.807) is 6.92 Å². The summed E-state index contributed by atoms with van der Waals surface area (Å²) in [6, 6.07) is 1.21. The number of aromatic nitrogens is 2. The second-order valence-electron chi connectivity index (χ2n) is 4.91. The molecule has 1 aliphatic rings. The molecule has 4 atom stereocenters. The molecule has 1 aromatic rings. The molecule has 114 valence electrons. The fourth-order valence-corrected chi connectivity index (χ4v) is 2.49. The van der Waals surface area contributed by atoms with Gasteiger partial charge >= 0.3 is 5.69 Å². The van der Waals surface area contributed by atoms with Crippen LogP contribution in [-0.4, -0.2) is 44.1 Å². The number of ether oxygens (including phenoxy) is 1. The predicted molar refractivity (Wildman–Crippen MR) is 73.4 cm³/mol. The van der Waals surface area contributed by atoms with Gasteiger partial charge in [0.15, 0.2) is 11.8 Å². The highest BCUT2D eigenvalue weighted by Crippen LogP contribution is 2.35. The lowest BCUT2D eigenvalue weighted by molar-refractivity contribution is -0.0484. The van der Waals surface area contributed by atoms with Gasteiger partial charge in [-0.3, -0.25) is 14.3 Å². The van der Waals surface area contributed by atoms with Crippen LogP contribution in [0.15, 0.2) is 15.7 Å². The van der Waals surface area contributed by atoms with E-state index in [1.807, 2.05) is 0 Å². The minimum Gasteiger partial charge on any atom is -0.394 e. The maximum absolute atomic E-state index is 12.0. The lowest BCUT2D eigenvalue weighted by Gasteiger charge is -2.28. The van der Waals surface area contributed by atoms with Crippen LogP contribution < -0.4 is 17.0 Å². The number of nitrogens with one attached hydrogen (secondary N) is 1. The average molecular weight is 295 g/mol. The Bertz CT molecular complexity index is 713. The summed E-state index contributed by atoms with van der Waals surface area (Å²) in [6.45, 7) is 2.60. The molecule has 0 amide bonds. The summed E-state index contributed by atoms with van der Waals surface area (Å²) in [6.07, 6.45) is -3.38. The SMILES string of the molecule is CC#CC1(N)[C@@H](O)[C@@H](CO)O[C@H]1n1c(C)cc(=O)[nH]c1=O. The highest BCUT2D eigenvalue weighted by atomic mass is 16.5. The zero-order valence-corrected chi connectivity index (χ0v) is 11.7. The molecule has 0 aromatic carbocycles. The Kier molecular flexibility index (Phi) is 4.02. The maximum Gasteiger partial charge on any atom is 0.330 e. The third kappa shape index (κ3) is 2.41. The van der Waals surface area contributed by atoms with Crippen molar-refractivity contribution in [1.29, 1.82) is 0 Å². The second-order valence-corrected chi connectivity index (χ2v) is 4.91. The number of aryl methyl sites for hydroxylation is 1. The molecule has 0 spiro atoms. The van der Waals surface area contributed by atoms with Crippen LogP contribution in [-0.2, 0) is 4.74 Å². The summed E-state index contributed by atoms with van der Waals surface area (Å²) in [4.78, 5) is 25.4. The zero-order valence-electron chi connectivity index (χ0n) is 11.7. The summed E-state index contributed by atoms with van der Waals surface area (Å²) in [5.74, 6) is 5.23. The first-order chi connectivity index (χ1) is 9.85. The summed E-state index contributed by atoms with van der Waals surface area (Å²) in [7, 11) is 0. The molecule has 0 aliphatic carbocycles. The van der Waals surface area contributed by atoms with E-state index < -0.39 is 41.8 Å². The number of rotatable bonds is 2. The molecule has 21 heavy (non-hydrogen) atoms. The monoisotopic (exact) mass is 295 g/mol. The Morgan fingerprint density at radius 3 is 2.76 bits per heavy atom. The van der Waals surface area contributed by atoms with Gasteiger partial charge in [-0.1, -0.05) is 5.92 Å². The van der Waals surface area contributed by atoms with Crippen molar-refractivity contribution in [2.24, 2.45) is 5.73 Å². The molecule has 1 aliphatic heterocycles. The predicted octanol–water partition coefficient (Wildman–Crippen LogP) is -2.18. The molecule has 0 saturated carbocycles. The van der Waals surface area contributed by atoms with E-state index in [1.165, 1.54) is 13.0 Å². The number of aliphatic hydroxyl groups excluding tert-OH is 2. The minimum absolute atomic E-state index is 0.312. The topological polar surface area (TPSA) is 131 Å². The van der Waals surface area contributed by atoms with Gasteiger partial charge in [0, 0.05) is 11.8 Å². The van der Waals surface area contributed by atoms with Gasteiger partial charge in [0.2, 0.25) is 0 Å². The molecule has 0 bridgehead atoms. The van der Waals surface area contributed by atoms with Crippen LogP contribution in [0, 0.1) is 18.8 Å². The first-order valence-electron chi connectivity index (χ1n) is 6.34. The van der Waals surface area contributed by atoms with Crippen LogP contribution in [0.25, 0.3) is 0 Å². The molecular weight excluding hydrogens is 278 g/mol. The molecule has 8 nitrogen and oxygen atoms in total. The van der Waals surface area contributed by atoms with E-state index in [-0.39, 0.29) is 0 Å². The van der Waals surface area contributed by atoms with Crippen molar-refractivity contribution in [2.75, 3.05) is 6.61 Å². The lowest BCUT2D eigenvalue weighted by Crippen LogP contribution is -2.55. The van der Waals surface area contributed by atoms with E-state index in [0.29, 0.717) is 5.69 Å². The number of hydrogen-bond donors (Lipinski definition) is 4. The minimum atomic E-state index is -1.57. The maximum atomic E-state index is 12.0. The Morgan fingerprint density at radius 2 is 2.24 bits per heavy atom. The van der Waals surface area contributed by atoms with Gasteiger partial charge in [-0.2, -0.15) is 0 Å². The van der Waals surface area contributed by atoms with Crippen LogP contribution in [0.3, 0.4) is 0 Å². The summed E-state index contributed by atoms with van der Waals surface area (Å²) < 4.78 is 6.61. The number of H-pyrrole nitrogens is 1. The fourth-order valence-electron chi connectivity index (χ4n) is 2.49. The van der Waals surface area contributed by atoms with E-state index in [9.17, 15) is 19.8 Å². The van der Waals surface area contributed by atoms with Crippen LogP contribution >= 0.6 is 0 Å². The molecule has 1 fully saturated rings. The Labute approximate surface area is 120 Å². The first-order valence-corrected chi connectivity index (χ1v) is 6.34. The first kappa shape index (κ1) is 15.5. The van der Waals surface area contributed by atoms with Crippen molar-refractivity contribution in [3.05, 3.63) is 32.6 Å². The van der Waals surface area contributed by atoms with Gasteiger partial charge in [0.1, 0.15) is 12.2 Å². The highest BCUT2D eigenvalue weighted by molar-refractivity contribution is 5.25. The van der Waals surface area contributed by atoms with Crippen molar-refractivity contribution in [3.8, 4) is 11.8 Å². The average Bonchev–Trinajstić information content (AvgIpc) is 2.63. The third-order valence-corrected chi connectivity index (χ3v) is 3.48. The normalized spacial score (nSPS) is 31.8. The third-order valence-electron chi connectivity index (χ3n) is 3.48. The second kappa shape index (κ2) is 5.46. The van der Waals surface area contributed by atoms with E-state index in [2.05, 4.69) is 16.8 Å². The Balaban J connectivity index is 2.64. The molecular formula is C13H17N3O5. The van der Waals surface area contributed by atoms with Crippen molar-refractivity contribution < 1.29 is 14.9 Å². The smallest absolute Gasteiger partial charge is 0.330 e. The van der Waals surface area contributed by atoms with Crippen molar-refractivity contribution in [1.82, 2.24) is 9.55 Å². The van der Waals surface area contributed by atoms with E-state index >= 15 is 0 Å². The van der Waals surface area contributed by atoms with E-state index in [4.69, 9.17) is 10.5 Å². The Hall–Kier alpha value is -1.92. The standard InChI is InChI=1S/C13H17N3O5/c1-3-4-13(14)10(19)8(6-17)21-11(13)16-7(2)5-9(18)15-12(16)20/h5,8,10-11,17,19H,6,14H2,1-2H3,(H,15,18,20)/t8-,10+,11-,13?/m1/s1. The molecule has 2 rings (SSSR count). The van der Waals surface area contributed by atoms with Gasteiger partial charge in [0.05, 0.1) is 6.61 Å².